The number of aryl methyl sites for hydroxylation is 1. The predicted octanol–water partition coefficient (Wildman–Crippen LogP) is 3.80. The van der Waals surface area contributed by atoms with Crippen molar-refractivity contribution in [3.63, 3.8) is 0 Å². The van der Waals surface area contributed by atoms with Crippen molar-refractivity contribution in [3.8, 4) is 11.5 Å². The molecule has 6 nitrogen and oxygen atoms in total. The van der Waals surface area contributed by atoms with Crippen molar-refractivity contribution in [1.82, 2.24) is 9.97 Å². The van der Waals surface area contributed by atoms with Gasteiger partial charge >= 0.3 is 0 Å². The summed E-state index contributed by atoms with van der Waals surface area (Å²) in [6, 6.07) is 11.4. The fraction of sp³-hybridized carbons (Fsp3) is 0.222. The molecule has 0 saturated carbocycles. The molecule has 0 spiro atoms. The fourth-order valence-electron chi connectivity index (χ4n) is 2.62. The Balaban J connectivity index is 0.00000196. The number of nitrogens with zero attached hydrogens (tertiary/aromatic N) is 1. The summed E-state index contributed by atoms with van der Waals surface area (Å²) < 4.78 is 11.0. The van der Waals surface area contributed by atoms with E-state index in [2.05, 4.69) is 15.3 Å². The number of carbonyl (C=O) groups excluding carboxylic acids is 1. The summed E-state index contributed by atoms with van der Waals surface area (Å²) in [7, 11) is 0. The van der Waals surface area contributed by atoms with E-state index in [0.717, 1.165) is 16.2 Å². The Morgan fingerprint density at radius 1 is 1.19 bits per heavy atom. The maximum Gasteiger partial charge on any atom is 0.234 e. The topological polar surface area (TPSA) is 76.2 Å². The van der Waals surface area contributed by atoms with Crippen LogP contribution in [0.2, 0.25) is 0 Å². The molecule has 8 heteroatoms. The van der Waals surface area contributed by atoms with Gasteiger partial charge in [-0.15, -0.1) is 12.4 Å². The Labute approximate surface area is 161 Å². The maximum atomic E-state index is 12.2. The van der Waals surface area contributed by atoms with E-state index in [9.17, 15) is 4.79 Å². The highest BCUT2D eigenvalue weighted by molar-refractivity contribution is 7.99. The molecule has 0 saturated heterocycles. The molecule has 1 aliphatic heterocycles. The van der Waals surface area contributed by atoms with Crippen LogP contribution in [0.4, 0.5) is 5.69 Å². The van der Waals surface area contributed by atoms with Gasteiger partial charge in [-0.1, -0.05) is 17.8 Å². The number of benzene rings is 2. The molecular formula is C18H18ClN3O3S. The first-order valence-corrected chi connectivity index (χ1v) is 8.94. The van der Waals surface area contributed by atoms with Gasteiger partial charge in [-0.3, -0.25) is 4.79 Å². The third kappa shape index (κ3) is 4.05. The number of rotatable bonds is 4. The minimum atomic E-state index is -0.0988. The Kier molecular flexibility index (Phi) is 5.58. The molecule has 0 bridgehead atoms. The van der Waals surface area contributed by atoms with E-state index in [1.54, 1.807) is 18.2 Å². The van der Waals surface area contributed by atoms with Crippen LogP contribution in [0.25, 0.3) is 11.0 Å². The Morgan fingerprint density at radius 3 is 2.85 bits per heavy atom. The molecule has 4 rings (SSSR count). The van der Waals surface area contributed by atoms with Gasteiger partial charge in [-0.25, -0.2) is 4.98 Å². The lowest BCUT2D eigenvalue weighted by Gasteiger charge is -2.18. The first kappa shape index (κ1) is 18.4. The average Bonchev–Trinajstić information content (AvgIpc) is 3.02. The Morgan fingerprint density at radius 2 is 2.00 bits per heavy atom. The quantitative estimate of drug-likeness (QED) is 0.661. The highest BCUT2D eigenvalue weighted by Gasteiger charge is 2.13. The van der Waals surface area contributed by atoms with Gasteiger partial charge in [-0.05, 0) is 36.8 Å². The molecule has 2 heterocycles. The van der Waals surface area contributed by atoms with Crippen molar-refractivity contribution >= 4 is 46.8 Å². The van der Waals surface area contributed by atoms with Gasteiger partial charge < -0.3 is 19.8 Å². The fourth-order valence-corrected chi connectivity index (χ4v) is 3.31. The first-order valence-electron chi connectivity index (χ1n) is 7.96. The monoisotopic (exact) mass is 391 g/mol. The molecule has 136 valence electrons. The second-order valence-electron chi connectivity index (χ2n) is 5.76. The second kappa shape index (κ2) is 7.88. The number of nitrogens with one attached hydrogen (secondary N) is 2. The minimum absolute atomic E-state index is 0. The summed E-state index contributed by atoms with van der Waals surface area (Å²) in [4.78, 5) is 19.9. The van der Waals surface area contributed by atoms with Gasteiger partial charge in [0.05, 0.1) is 16.8 Å². The smallest absolute Gasteiger partial charge is 0.234 e. The van der Waals surface area contributed by atoms with Gasteiger partial charge in [0.15, 0.2) is 16.7 Å². The lowest BCUT2D eigenvalue weighted by atomic mass is 10.2. The molecule has 1 amide bonds. The molecular weight excluding hydrogens is 374 g/mol. The third-order valence-corrected chi connectivity index (χ3v) is 4.65. The standard InChI is InChI=1S/C18H17N3O3S.ClH/c1-11-2-4-13-14(8-11)21-18(20-13)25-10-17(22)19-12-3-5-15-16(9-12)24-7-6-23-15;/h2-5,8-9H,6-7,10H2,1H3,(H,19,22)(H,20,21);1H. The van der Waals surface area contributed by atoms with Crippen LogP contribution in [0.15, 0.2) is 41.6 Å². The molecule has 2 aromatic carbocycles. The number of amides is 1. The number of imidazole rings is 1. The zero-order chi connectivity index (χ0) is 17.2. The number of carbonyl (C=O) groups is 1. The Hall–Kier alpha value is -2.38. The highest BCUT2D eigenvalue weighted by atomic mass is 35.5. The van der Waals surface area contributed by atoms with Crippen molar-refractivity contribution in [2.24, 2.45) is 0 Å². The van der Waals surface area contributed by atoms with Crippen molar-refractivity contribution in [2.75, 3.05) is 24.3 Å². The van der Waals surface area contributed by atoms with Crippen LogP contribution in [-0.4, -0.2) is 34.8 Å². The van der Waals surface area contributed by atoms with Crippen molar-refractivity contribution in [3.05, 3.63) is 42.0 Å². The second-order valence-corrected chi connectivity index (χ2v) is 6.72. The van der Waals surface area contributed by atoms with Crippen molar-refractivity contribution in [2.45, 2.75) is 12.1 Å². The summed E-state index contributed by atoms with van der Waals surface area (Å²) in [5, 5.41) is 3.60. The number of thioether (sulfide) groups is 1. The van der Waals surface area contributed by atoms with E-state index in [1.165, 1.54) is 17.3 Å². The van der Waals surface area contributed by atoms with E-state index >= 15 is 0 Å². The predicted molar refractivity (Wildman–Crippen MR) is 105 cm³/mol. The third-order valence-electron chi connectivity index (χ3n) is 3.78. The summed E-state index contributed by atoms with van der Waals surface area (Å²) in [6.07, 6.45) is 0. The molecule has 1 aliphatic rings. The molecule has 0 aliphatic carbocycles. The minimum Gasteiger partial charge on any atom is -0.486 e. The lowest BCUT2D eigenvalue weighted by Crippen LogP contribution is -2.17. The van der Waals surface area contributed by atoms with Crippen molar-refractivity contribution < 1.29 is 14.3 Å². The molecule has 2 N–H and O–H groups in total. The van der Waals surface area contributed by atoms with Crippen molar-refractivity contribution in [1.29, 1.82) is 0 Å². The normalized spacial score (nSPS) is 12.5. The summed E-state index contributed by atoms with van der Waals surface area (Å²) >= 11 is 1.37. The first-order chi connectivity index (χ1) is 12.2. The number of halogens is 1. The van der Waals surface area contributed by atoms with Crippen LogP contribution < -0.4 is 14.8 Å². The molecule has 0 atom stereocenters. The van der Waals surface area contributed by atoms with Gasteiger partial charge in [-0.2, -0.15) is 0 Å². The van der Waals surface area contributed by atoms with Crippen LogP contribution in [0.5, 0.6) is 11.5 Å². The van der Waals surface area contributed by atoms with Gasteiger partial charge in [0, 0.05) is 11.8 Å². The van der Waals surface area contributed by atoms with Gasteiger partial charge in [0.2, 0.25) is 5.91 Å². The number of anilines is 1. The van der Waals surface area contributed by atoms with Crippen LogP contribution in [0.3, 0.4) is 0 Å². The van der Waals surface area contributed by atoms with Crippen LogP contribution in [-0.2, 0) is 4.79 Å². The molecule has 0 radical (unpaired) electrons. The van der Waals surface area contributed by atoms with Crippen LogP contribution in [0.1, 0.15) is 5.56 Å². The van der Waals surface area contributed by atoms with E-state index < -0.39 is 0 Å². The number of H-pyrrole nitrogens is 1. The highest BCUT2D eigenvalue weighted by Crippen LogP contribution is 2.32. The summed E-state index contributed by atoms with van der Waals surface area (Å²) in [5.74, 6) is 1.53. The summed E-state index contributed by atoms with van der Waals surface area (Å²) in [6.45, 7) is 3.10. The average molecular weight is 392 g/mol. The van der Waals surface area contributed by atoms with Crippen LogP contribution in [0, 0.1) is 6.92 Å². The lowest BCUT2D eigenvalue weighted by molar-refractivity contribution is -0.113. The van der Waals surface area contributed by atoms with Crippen LogP contribution >= 0.6 is 24.2 Å². The SMILES string of the molecule is Cc1ccc2nc(SCC(=O)Nc3ccc4c(c3)OCCO4)[nH]c2c1.Cl. The maximum absolute atomic E-state index is 12.2. The van der Waals surface area contributed by atoms with E-state index in [-0.39, 0.29) is 24.1 Å². The number of ether oxygens (including phenoxy) is 2. The number of hydrogen-bond donors (Lipinski definition) is 2. The van der Waals surface area contributed by atoms with Gasteiger partial charge in [0.25, 0.3) is 0 Å². The molecule has 26 heavy (non-hydrogen) atoms. The zero-order valence-corrected chi connectivity index (χ0v) is 15.7. The number of aromatic amines is 1. The molecule has 3 aromatic rings. The Bertz CT molecular complexity index is 945. The number of aromatic nitrogens is 2. The largest absolute Gasteiger partial charge is 0.486 e. The number of fused-ring (bicyclic) bond motifs is 2. The van der Waals surface area contributed by atoms with E-state index in [0.29, 0.717) is 30.4 Å². The molecule has 0 unspecified atom stereocenters. The van der Waals surface area contributed by atoms with E-state index in [1.807, 2.05) is 25.1 Å². The summed E-state index contributed by atoms with van der Waals surface area (Å²) in [5.41, 5.74) is 3.74. The number of hydrogen-bond acceptors (Lipinski definition) is 5. The molecule has 0 fully saturated rings. The van der Waals surface area contributed by atoms with Gasteiger partial charge in [0.1, 0.15) is 13.2 Å². The van der Waals surface area contributed by atoms with E-state index in [4.69, 9.17) is 9.47 Å². The molecule has 1 aromatic heterocycles. The zero-order valence-electron chi connectivity index (χ0n) is 14.1.